The molecule has 0 saturated heterocycles. The van der Waals surface area contributed by atoms with E-state index < -0.39 is 0 Å². The van der Waals surface area contributed by atoms with Crippen LogP contribution in [0.1, 0.15) is 0 Å². The number of thiazole rings is 2. The number of hydrogen-bond donors (Lipinski definition) is 0. The van der Waals surface area contributed by atoms with Crippen molar-refractivity contribution < 1.29 is 0 Å². The van der Waals surface area contributed by atoms with Gasteiger partial charge in [-0.3, -0.25) is 0 Å². The molecule has 6 nitrogen and oxygen atoms in total. The predicted octanol–water partition coefficient (Wildman–Crippen LogP) is 3.16. The van der Waals surface area contributed by atoms with Crippen molar-refractivity contribution in [1.82, 2.24) is 9.97 Å². The van der Waals surface area contributed by atoms with Crippen molar-refractivity contribution in [2.24, 2.45) is 0 Å². The maximum absolute atomic E-state index is 9.07. The summed E-state index contributed by atoms with van der Waals surface area (Å²) in [5, 5.41) is 20.0. The number of hydrogen-bond acceptors (Lipinski definition) is 6. The lowest BCUT2D eigenvalue weighted by Crippen LogP contribution is -1.99. The molecular weight excluding hydrogens is 364 g/mol. The van der Waals surface area contributed by atoms with E-state index >= 15 is 0 Å². The Morgan fingerprint density at radius 1 is 0.808 bits per heavy atom. The first kappa shape index (κ1) is 15.7. The third kappa shape index (κ3) is 2.19. The molecule has 0 aliphatic carbocycles. The summed E-state index contributed by atoms with van der Waals surface area (Å²) in [5.74, 6) is 0. The van der Waals surface area contributed by atoms with Crippen molar-refractivity contribution in [3.8, 4) is 12.1 Å². The van der Waals surface area contributed by atoms with Gasteiger partial charge in [0.1, 0.15) is 9.33 Å². The minimum Gasteiger partial charge on any atom is -0.248 e. The summed E-state index contributed by atoms with van der Waals surface area (Å²) in [6.45, 7) is 14.2. The number of rotatable bonds is 0. The molecule has 0 saturated carbocycles. The predicted molar refractivity (Wildman–Crippen MR) is 101 cm³/mol. The van der Waals surface area contributed by atoms with Gasteiger partial charge in [-0.2, -0.15) is 0 Å². The van der Waals surface area contributed by atoms with Crippen LogP contribution in [0.4, 0.5) is 0 Å². The summed E-state index contributed by atoms with van der Waals surface area (Å²) < 4.78 is 2.59. The second kappa shape index (κ2) is 5.92. The standard InChI is InChI=1S/C18H4N6S2/c1-21-13(7-19)17-23-11-5-3-10-9(15(11)25-17)4-6-12-16(10)26-18(24-12)14(8-20)22-2/h3-6H/b17-13-,18-14+. The van der Waals surface area contributed by atoms with Gasteiger partial charge in [0.05, 0.1) is 45.7 Å². The summed E-state index contributed by atoms with van der Waals surface area (Å²) in [5.41, 5.74) is 1.41. The molecule has 0 radical (unpaired) electrons. The van der Waals surface area contributed by atoms with Gasteiger partial charge in [-0.1, -0.05) is 12.1 Å². The Morgan fingerprint density at radius 2 is 1.23 bits per heavy atom. The van der Waals surface area contributed by atoms with E-state index in [0.29, 0.717) is 9.33 Å². The van der Waals surface area contributed by atoms with Crippen LogP contribution in [-0.2, 0) is 0 Å². The molecule has 0 unspecified atom stereocenters. The lowest BCUT2D eigenvalue weighted by molar-refractivity contribution is 1.40. The third-order valence-corrected chi connectivity index (χ3v) is 5.96. The first-order valence-electron chi connectivity index (χ1n) is 7.12. The topological polar surface area (TPSA) is 82.1 Å². The largest absolute Gasteiger partial charge is 0.296 e. The molecule has 0 spiro atoms. The number of aromatic nitrogens is 2. The van der Waals surface area contributed by atoms with E-state index in [-0.39, 0.29) is 11.4 Å². The Balaban J connectivity index is 2.17. The maximum atomic E-state index is 9.07. The molecule has 2 aromatic carbocycles. The van der Waals surface area contributed by atoms with E-state index in [9.17, 15) is 0 Å². The molecule has 2 aromatic heterocycles. The Morgan fingerprint density at radius 3 is 1.58 bits per heavy atom. The number of benzene rings is 2. The van der Waals surface area contributed by atoms with Gasteiger partial charge in [0.15, 0.2) is 0 Å². The van der Waals surface area contributed by atoms with E-state index in [0.717, 1.165) is 31.2 Å². The van der Waals surface area contributed by atoms with Gasteiger partial charge in [-0.25, -0.2) is 30.2 Å². The third-order valence-electron chi connectivity index (χ3n) is 3.74. The van der Waals surface area contributed by atoms with Crippen LogP contribution in [0.5, 0.6) is 0 Å². The molecule has 2 heterocycles. The van der Waals surface area contributed by atoms with E-state index in [1.807, 2.05) is 36.4 Å². The summed E-state index contributed by atoms with van der Waals surface area (Å²) >= 11 is 2.62. The summed E-state index contributed by atoms with van der Waals surface area (Å²) in [6.07, 6.45) is 0. The Kier molecular flexibility index (Phi) is 3.57. The SMILES string of the molecule is [C-]#[N+]/C(C#N)=c1/nc2ccc3c(ccc4n/c(=C(/C#N)[N+]#[C-])sc43)c2s1. The second-order valence-electron chi connectivity index (χ2n) is 5.11. The zero-order valence-corrected chi connectivity index (χ0v) is 14.4. The maximum Gasteiger partial charge on any atom is 0.296 e. The van der Waals surface area contributed by atoms with Crippen molar-refractivity contribution in [3.63, 3.8) is 0 Å². The molecular formula is C18H4N6S2. The first-order valence-corrected chi connectivity index (χ1v) is 8.76. The number of nitrogens with zero attached hydrogens (tertiary/aromatic N) is 6. The number of nitriles is 2. The van der Waals surface area contributed by atoms with Crippen LogP contribution in [0.2, 0.25) is 0 Å². The Bertz CT molecular complexity index is 1380. The molecule has 8 heteroatoms. The fourth-order valence-corrected chi connectivity index (χ4v) is 4.68. The van der Waals surface area contributed by atoms with Crippen molar-refractivity contribution >= 4 is 65.3 Å². The van der Waals surface area contributed by atoms with Crippen molar-refractivity contribution in [2.75, 3.05) is 0 Å². The molecule has 0 N–H and O–H groups in total. The van der Waals surface area contributed by atoms with Crippen LogP contribution in [-0.4, -0.2) is 9.97 Å². The quantitative estimate of drug-likeness (QED) is 0.447. The highest BCUT2D eigenvalue weighted by Gasteiger charge is 2.12. The van der Waals surface area contributed by atoms with E-state index in [1.165, 1.54) is 22.7 Å². The molecule has 0 amide bonds. The van der Waals surface area contributed by atoms with Gasteiger partial charge >= 0.3 is 0 Å². The number of fused-ring (bicyclic) bond motifs is 5. The highest BCUT2D eigenvalue weighted by atomic mass is 32.1. The monoisotopic (exact) mass is 368 g/mol. The Labute approximate surface area is 154 Å². The van der Waals surface area contributed by atoms with Crippen LogP contribution in [0, 0.1) is 35.8 Å². The molecule has 0 aliphatic heterocycles. The van der Waals surface area contributed by atoms with Gasteiger partial charge in [-0.15, -0.1) is 22.7 Å². The van der Waals surface area contributed by atoms with Crippen LogP contribution in [0.25, 0.3) is 52.3 Å². The van der Waals surface area contributed by atoms with Crippen molar-refractivity contribution in [3.05, 3.63) is 56.4 Å². The zero-order chi connectivity index (χ0) is 18.3. The lowest BCUT2D eigenvalue weighted by atomic mass is 10.1. The van der Waals surface area contributed by atoms with E-state index in [1.54, 1.807) is 0 Å². The summed E-state index contributed by atoms with van der Waals surface area (Å²) in [4.78, 5) is 15.2. The van der Waals surface area contributed by atoms with E-state index in [2.05, 4.69) is 19.7 Å². The van der Waals surface area contributed by atoms with Gasteiger partial charge < -0.3 is 0 Å². The fourth-order valence-electron chi connectivity index (χ4n) is 2.62. The summed E-state index contributed by atoms with van der Waals surface area (Å²) in [7, 11) is 0. The highest BCUT2D eigenvalue weighted by molar-refractivity contribution is 7.19. The molecule has 26 heavy (non-hydrogen) atoms. The van der Waals surface area contributed by atoms with Crippen LogP contribution >= 0.6 is 22.7 Å². The van der Waals surface area contributed by atoms with Crippen molar-refractivity contribution in [2.45, 2.75) is 0 Å². The molecule has 0 aliphatic rings. The van der Waals surface area contributed by atoms with Crippen LogP contribution in [0.3, 0.4) is 0 Å². The highest BCUT2D eigenvalue weighted by Crippen LogP contribution is 2.32. The van der Waals surface area contributed by atoms with Gasteiger partial charge in [0.2, 0.25) is 0 Å². The van der Waals surface area contributed by atoms with Gasteiger partial charge in [-0.05, 0) is 12.1 Å². The minimum absolute atomic E-state index is 0.0224. The smallest absolute Gasteiger partial charge is 0.248 e. The average molecular weight is 368 g/mol. The molecule has 0 bridgehead atoms. The molecule has 0 atom stereocenters. The van der Waals surface area contributed by atoms with Gasteiger partial charge in [0, 0.05) is 10.8 Å². The van der Waals surface area contributed by atoms with Crippen LogP contribution in [0.15, 0.2) is 24.3 Å². The average Bonchev–Trinajstić information content (AvgIpc) is 3.27. The Hall–Kier alpha value is -3.82. The van der Waals surface area contributed by atoms with E-state index in [4.69, 9.17) is 23.7 Å². The molecule has 118 valence electrons. The molecule has 4 rings (SSSR count). The first-order chi connectivity index (χ1) is 12.7. The van der Waals surface area contributed by atoms with Crippen LogP contribution < -0.4 is 9.33 Å². The van der Waals surface area contributed by atoms with Crippen molar-refractivity contribution in [1.29, 1.82) is 10.5 Å². The molecule has 4 aromatic rings. The second-order valence-corrected chi connectivity index (χ2v) is 7.10. The summed E-state index contributed by atoms with van der Waals surface area (Å²) in [6, 6.07) is 11.3. The van der Waals surface area contributed by atoms with Gasteiger partial charge in [0.25, 0.3) is 11.4 Å². The fraction of sp³-hybridized carbons (Fsp3) is 0. The minimum atomic E-state index is -0.0224. The lowest BCUT2D eigenvalue weighted by Gasteiger charge is -1.99. The zero-order valence-electron chi connectivity index (χ0n) is 12.8. The normalized spacial score (nSPS) is 12.9. The molecule has 0 fully saturated rings.